The molecular formula is C15H22N2O2. The van der Waals surface area contributed by atoms with Gasteiger partial charge in [-0.2, -0.15) is 0 Å². The summed E-state index contributed by atoms with van der Waals surface area (Å²) in [6.07, 6.45) is 1.63. The fraction of sp³-hybridized carbons (Fsp3) is 0.400. The molecule has 3 N–H and O–H groups in total. The number of carbonyl (C=O) groups excluding carboxylic acids is 1. The Morgan fingerprint density at radius 3 is 2.63 bits per heavy atom. The number of hydrogen-bond acceptors (Lipinski definition) is 3. The van der Waals surface area contributed by atoms with Gasteiger partial charge in [0.2, 0.25) is 5.91 Å². The second-order valence-electron chi connectivity index (χ2n) is 4.76. The summed E-state index contributed by atoms with van der Waals surface area (Å²) in [6, 6.07) is 9.19. The van der Waals surface area contributed by atoms with E-state index in [0.717, 1.165) is 5.56 Å². The lowest BCUT2D eigenvalue weighted by atomic mass is 9.92. The number of hydrogen-bond donors (Lipinski definition) is 3. The molecule has 0 radical (unpaired) electrons. The van der Waals surface area contributed by atoms with Crippen LogP contribution in [0, 0.1) is 0 Å². The number of rotatable bonds is 7. The minimum Gasteiger partial charge on any atom is -0.394 e. The molecule has 0 spiro atoms. The van der Waals surface area contributed by atoms with Crippen molar-refractivity contribution < 1.29 is 9.90 Å². The Morgan fingerprint density at radius 2 is 2.11 bits per heavy atom. The summed E-state index contributed by atoms with van der Waals surface area (Å²) >= 11 is 0. The molecule has 1 rings (SSSR count). The summed E-state index contributed by atoms with van der Waals surface area (Å²) in [4.78, 5) is 11.8. The summed E-state index contributed by atoms with van der Waals surface area (Å²) in [6.45, 7) is 7.55. The van der Waals surface area contributed by atoms with Crippen molar-refractivity contribution in [3.63, 3.8) is 0 Å². The van der Waals surface area contributed by atoms with E-state index in [4.69, 9.17) is 0 Å². The predicted molar refractivity (Wildman–Crippen MR) is 76.7 cm³/mol. The average molecular weight is 262 g/mol. The van der Waals surface area contributed by atoms with Crippen molar-refractivity contribution in [1.82, 2.24) is 10.6 Å². The molecule has 0 bridgehead atoms. The molecule has 104 valence electrons. The van der Waals surface area contributed by atoms with Gasteiger partial charge in [0, 0.05) is 6.54 Å². The van der Waals surface area contributed by atoms with Crippen molar-refractivity contribution >= 4 is 5.91 Å². The number of carbonyl (C=O) groups is 1. The number of aliphatic hydroxyl groups excluding tert-OH is 1. The first-order chi connectivity index (χ1) is 9.03. The lowest BCUT2D eigenvalue weighted by molar-refractivity contribution is -0.123. The molecule has 0 saturated carbocycles. The lowest BCUT2D eigenvalue weighted by Crippen LogP contribution is -2.53. The molecule has 0 aliphatic carbocycles. The first-order valence-corrected chi connectivity index (χ1v) is 6.36. The van der Waals surface area contributed by atoms with Gasteiger partial charge < -0.3 is 10.4 Å². The van der Waals surface area contributed by atoms with Crippen LogP contribution in [0.1, 0.15) is 19.4 Å². The summed E-state index contributed by atoms with van der Waals surface area (Å²) in [5.74, 6) is -0.115. The zero-order valence-corrected chi connectivity index (χ0v) is 11.5. The molecule has 0 heterocycles. The van der Waals surface area contributed by atoms with Gasteiger partial charge in [-0.05, 0) is 19.4 Å². The van der Waals surface area contributed by atoms with Crippen LogP contribution in [0.2, 0.25) is 0 Å². The molecule has 4 heteroatoms. The van der Waals surface area contributed by atoms with Crippen LogP contribution in [0.5, 0.6) is 0 Å². The SMILES string of the molecule is C=CCNC(=O)C(C)NC(C)(CO)c1ccccc1. The highest BCUT2D eigenvalue weighted by atomic mass is 16.3. The van der Waals surface area contributed by atoms with E-state index in [-0.39, 0.29) is 12.5 Å². The van der Waals surface area contributed by atoms with Gasteiger partial charge in [0.05, 0.1) is 18.2 Å². The van der Waals surface area contributed by atoms with E-state index in [1.807, 2.05) is 37.3 Å². The van der Waals surface area contributed by atoms with E-state index < -0.39 is 11.6 Å². The largest absolute Gasteiger partial charge is 0.394 e. The summed E-state index contributed by atoms with van der Waals surface area (Å²) in [5.41, 5.74) is 0.299. The van der Waals surface area contributed by atoms with E-state index in [0.29, 0.717) is 6.54 Å². The van der Waals surface area contributed by atoms with Crippen LogP contribution >= 0.6 is 0 Å². The highest BCUT2D eigenvalue weighted by Gasteiger charge is 2.29. The smallest absolute Gasteiger partial charge is 0.237 e. The first-order valence-electron chi connectivity index (χ1n) is 6.36. The molecule has 0 aliphatic rings. The van der Waals surface area contributed by atoms with Gasteiger partial charge in [-0.1, -0.05) is 36.4 Å². The van der Waals surface area contributed by atoms with Gasteiger partial charge in [-0.25, -0.2) is 0 Å². The van der Waals surface area contributed by atoms with Gasteiger partial charge in [0.1, 0.15) is 0 Å². The van der Waals surface area contributed by atoms with Gasteiger partial charge >= 0.3 is 0 Å². The van der Waals surface area contributed by atoms with Crippen LogP contribution in [-0.4, -0.2) is 30.2 Å². The summed E-state index contributed by atoms with van der Waals surface area (Å²) < 4.78 is 0. The zero-order valence-electron chi connectivity index (χ0n) is 11.5. The van der Waals surface area contributed by atoms with E-state index in [1.54, 1.807) is 13.0 Å². The molecule has 0 aromatic heterocycles. The van der Waals surface area contributed by atoms with Crippen LogP contribution in [0.4, 0.5) is 0 Å². The highest BCUT2D eigenvalue weighted by molar-refractivity contribution is 5.81. The molecule has 0 saturated heterocycles. The topological polar surface area (TPSA) is 61.4 Å². The minimum atomic E-state index is -0.647. The summed E-state index contributed by atoms with van der Waals surface area (Å²) in [5, 5.41) is 15.5. The van der Waals surface area contributed by atoms with Gasteiger partial charge in [0.25, 0.3) is 0 Å². The molecule has 2 unspecified atom stereocenters. The average Bonchev–Trinajstić information content (AvgIpc) is 2.45. The van der Waals surface area contributed by atoms with Crippen molar-refractivity contribution in [3.8, 4) is 0 Å². The normalized spacial score (nSPS) is 15.3. The van der Waals surface area contributed by atoms with Crippen molar-refractivity contribution in [1.29, 1.82) is 0 Å². The number of benzene rings is 1. The highest BCUT2D eigenvalue weighted by Crippen LogP contribution is 2.20. The second-order valence-corrected chi connectivity index (χ2v) is 4.76. The standard InChI is InChI=1S/C15H22N2O2/c1-4-10-16-14(19)12(2)17-15(3,11-18)13-8-6-5-7-9-13/h4-9,12,17-18H,1,10-11H2,2-3H3,(H,16,19). The first kappa shape index (κ1) is 15.4. The van der Waals surface area contributed by atoms with Crippen LogP contribution in [0.15, 0.2) is 43.0 Å². The van der Waals surface area contributed by atoms with Crippen molar-refractivity contribution in [3.05, 3.63) is 48.6 Å². The molecule has 2 atom stereocenters. The number of amides is 1. The molecule has 0 aliphatic heterocycles. The van der Waals surface area contributed by atoms with E-state index in [9.17, 15) is 9.90 Å². The molecular weight excluding hydrogens is 240 g/mol. The monoisotopic (exact) mass is 262 g/mol. The fourth-order valence-electron chi connectivity index (χ4n) is 1.90. The maximum atomic E-state index is 11.8. The number of aliphatic hydroxyl groups is 1. The van der Waals surface area contributed by atoms with Crippen LogP contribution in [0.25, 0.3) is 0 Å². The Morgan fingerprint density at radius 1 is 1.47 bits per heavy atom. The third-order valence-corrected chi connectivity index (χ3v) is 3.08. The molecule has 1 amide bonds. The van der Waals surface area contributed by atoms with Crippen molar-refractivity contribution in [2.75, 3.05) is 13.2 Å². The minimum absolute atomic E-state index is 0.0872. The van der Waals surface area contributed by atoms with Gasteiger partial charge in [-0.3, -0.25) is 10.1 Å². The van der Waals surface area contributed by atoms with E-state index in [1.165, 1.54) is 0 Å². The second kappa shape index (κ2) is 7.07. The lowest BCUT2D eigenvalue weighted by Gasteiger charge is -2.32. The Labute approximate surface area is 114 Å². The summed E-state index contributed by atoms with van der Waals surface area (Å²) in [7, 11) is 0. The molecule has 1 aromatic rings. The third kappa shape index (κ3) is 4.19. The van der Waals surface area contributed by atoms with Crippen LogP contribution in [0.3, 0.4) is 0 Å². The Kier molecular flexibility index (Phi) is 5.73. The van der Waals surface area contributed by atoms with Crippen molar-refractivity contribution in [2.24, 2.45) is 0 Å². The molecule has 19 heavy (non-hydrogen) atoms. The Balaban J connectivity index is 2.76. The maximum Gasteiger partial charge on any atom is 0.237 e. The van der Waals surface area contributed by atoms with Crippen LogP contribution in [-0.2, 0) is 10.3 Å². The quantitative estimate of drug-likeness (QED) is 0.647. The van der Waals surface area contributed by atoms with E-state index in [2.05, 4.69) is 17.2 Å². The van der Waals surface area contributed by atoms with Crippen molar-refractivity contribution in [2.45, 2.75) is 25.4 Å². The predicted octanol–water partition coefficient (Wildman–Crippen LogP) is 1.17. The Hall–Kier alpha value is -1.65. The fourth-order valence-corrected chi connectivity index (χ4v) is 1.90. The zero-order chi connectivity index (χ0) is 14.3. The van der Waals surface area contributed by atoms with Gasteiger partial charge in [-0.15, -0.1) is 6.58 Å². The Bertz CT molecular complexity index is 419. The molecule has 0 fully saturated rings. The number of nitrogens with one attached hydrogen (secondary N) is 2. The molecule has 1 aromatic carbocycles. The third-order valence-electron chi connectivity index (χ3n) is 3.08. The maximum absolute atomic E-state index is 11.8. The van der Waals surface area contributed by atoms with Gasteiger partial charge in [0.15, 0.2) is 0 Å². The van der Waals surface area contributed by atoms with Crippen LogP contribution < -0.4 is 10.6 Å². The van der Waals surface area contributed by atoms with E-state index >= 15 is 0 Å². The molecule has 4 nitrogen and oxygen atoms in total.